The first kappa shape index (κ1) is 14.7. The van der Waals surface area contributed by atoms with Gasteiger partial charge in [-0.3, -0.25) is 10.1 Å². The lowest BCUT2D eigenvalue weighted by Gasteiger charge is -2.32. The molecule has 0 spiro atoms. The van der Waals surface area contributed by atoms with Gasteiger partial charge >= 0.3 is 0 Å². The van der Waals surface area contributed by atoms with E-state index in [0.29, 0.717) is 6.54 Å². The highest BCUT2D eigenvalue weighted by atomic mass is 32.2. The van der Waals surface area contributed by atoms with Gasteiger partial charge < -0.3 is 5.73 Å². The van der Waals surface area contributed by atoms with Gasteiger partial charge in [0.1, 0.15) is 0 Å². The van der Waals surface area contributed by atoms with E-state index in [4.69, 9.17) is 5.73 Å². The molecule has 8 heteroatoms. The summed E-state index contributed by atoms with van der Waals surface area (Å²) < 4.78 is 26.6. The molecule has 0 saturated carbocycles. The Hall–Kier alpha value is -1.67. The van der Waals surface area contributed by atoms with Crippen LogP contribution in [-0.4, -0.2) is 30.2 Å². The van der Waals surface area contributed by atoms with Crippen molar-refractivity contribution in [3.05, 3.63) is 28.3 Å². The minimum absolute atomic E-state index is 0.147. The van der Waals surface area contributed by atoms with Gasteiger partial charge in [-0.25, -0.2) is 8.42 Å². The predicted molar refractivity (Wildman–Crippen MR) is 74.7 cm³/mol. The van der Waals surface area contributed by atoms with E-state index in [9.17, 15) is 18.5 Å². The highest BCUT2D eigenvalue weighted by Gasteiger charge is 2.35. The maximum atomic E-state index is 12.6. The molecule has 0 amide bonds. The number of hydrogen-bond acceptors (Lipinski definition) is 5. The number of piperidine rings is 1. The number of nitrogens with zero attached hydrogens (tertiary/aromatic N) is 2. The molecule has 20 heavy (non-hydrogen) atoms. The maximum absolute atomic E-state index is 12.6. The number of sulfonamides is 1. The van der Waals surface area contributed by atoms with E-state index >= 15 is 0 Å². The molecule has 0 aromatic heterocycles. The van der Waals surface area contributed by atoms with Crippen LogP contribution < -0.4 is 5.73 Å². The Kier molecular flexibility index (Phi) is 3.96. The fourth-order valence-corrected chi connectivity index (χ4v) is 4.29. The SMILES string of the molecule is CC1CCCCN1S(=O)(=O)c1ccc(N)cc1[N+](=O)[O-]. The molecule has 0 bridgehead atoms. The smallest absolute Gasteiger partial charge is 0.291 e. The van der Waals surface area contributed by atoms with Crippen molar-refractivity contribution >= 4 is 21.4 Å². The third-order valence-corrected chi connectivity index (χ3v) is 5.57. The second kappa shape index (κ2) is 5.37. The number of nitrogen functional groups attached to an aromatic ring is 1. The van der Waals surface area contributed by atoms with Crippen LogP contribution in [0.25, 0.3) is 0 Å². The minimum atomic E-state index is -3.87. The van der Waals surface area contributed by atoms with Crippen molar-refractivity contribution in [3.8, 4) is 0 Å². The molecule has 1 unspecified atom stereocenters. The van der Waals surface area contributed by atoms with Crippen molar-refractivity contribution in [1.82, 2.24) is 4.31 Å². The summed E-state index contributed by atoms with van der Waals surface area (Å²) in [6, 6.07) is 3.52. The molecular weight excluding hydrogens is 282 g/mol. The van der Waals surface area contributed by atoms with E-state index in [1.54, 1.807) is 0 Å². The fraction of sp³-hybridized carbons (Fsp3) is 0.500. The molecule has 1 aromatic rings. The zero-order valence-electron chi connectivity index (χ0n) is 11.2. The van der Waals surface area contributed by atoms with Crippen LogP contribution in [0.4, 0.5) is 11.4 Å². The van der Waals surface area contributed by atoms with Crippen molar-refractivity contribution in [2.24, 2.45) is 0 Å². The van der Waals surface area contributed by atoms with E-state index in [1.165, 1.54) is 16.4 Å². The number of rotatable bonds is 3. The zero-order chi connectivity index (χ0) is 14.9. The first-order chi connectivity index (χ1) is 9.34. The van der Waals surface area contributed by atoms with Gasteiger partial charge in [-0.05, 0) is 31.9 Å². The largest absolute Gasteiger partial charge is 0.399 e. The number of hydrogen-bond donors (Lipinski definition) is 1. The molecule has 1 aromatic carbocycles. The normalized spacial score (nSPS) is 20.8. The van der Waals surface area contributed by atoms with Crippen LogP contribution in [-0.2, 0) is 10.0 Å². The van der Waals surface area contributed by atoms with Crippen LogP contribution in [0.1, 0.15) is 26.2 Å². The maximum Gasteiger partial charge on any atom is 0.291 e. The molecule has 1 aliphatic heterocycles. The van der Waals surface area contributed by atoms with Crippen LogP contribution in [0, 0.1) is 10.1 Å². The zero-order valence-corrected chi connectivity index (χ0v) is 12.0. The molecule has 1 heterocycles. The van der Waals surface area contributed by atoms with Gasteiger partial charge in [-0.2, -0.15) is 4.31 Å². The number of nitrogens with two attached hydrogens (primary N) is 1. The summed E-state index contributed by atoms with van der Waals surface area (Å²) in [6.45, 7) is 2.21. The van der Waals surface area contributed by atoms with Gasteiger partial charge in [0.2, 0.25) is 10.0 Å². The average Bonchev–Trinajstić information content (AvgIpc) is 2.38. The van der Waals surface area contributed by atoms with Crippen LogP contribution >= 0.6 is 0 Å². The van der Waals surface area contributed by atoms with E-state index in [2.05, 4.69) is 0 Å². The minimum Gasteiger partial charge on any atom is -0.399 e. The van der Waals surface area contributed by atoms with Crippen molar-refractivity contribution in [3.63, 3.8) is 0 Å². The summed E-state index contributed by atoms with van der Waals surface area (Å²) in [5.41, 5.74) is 5.20. The second-order valence-electron chi connectivity index (χ2n) is 4.94. The first-order valence-electron chi connectivity index (χ1n) is 6.40. The topological polar surface area (TPSA) is 107 Å². The van der Waals surface area contributed by atoms with Crippen molar-refractivity contribution < 1.29 is 13.3 Å². The summed E-state index contributed by atoms with van der Waals surface area (Å²) in [5, 5.41) is 11.1. The molecule has 0 radical (unpaired) electrons. The lowest BCUT2D eigenvalue weighted by Crippen LogP contribution is -2.42. The van der Waals surface area contributed by atoms with Gasteiger partial charge in [-0.1, -0.05) is 6.42 Å². The second-order valence-corrected chi connectivity index (χ2v) is 6.80. The number of benzene rings is 1. The van der Waals surface area contributed by atoms with E-state index in [-0.39, 0.29) is 16.6 Å². The molecular formula is C12H17N3O4S. The van der Waals surface area contributed by atoms with E-state index in [0.717, 1.165) is 25.3 Å². The molecule has 2 rings (SSSR count). The number of nitro benzene ring substituents is 1. The average molecular weight is 299 g/mol. The lowest BCUT2D eigenvalue weighted by atomic mass is 10.1. The highest BCUT2D eigenvalue weighted by Crippen LogP contribution is 2.31. The van der Waals surface area contributed by atoms with Crippen LogP contribution in [0.3, 0.4) is 0 Å². The monoisotopic (exact) mass is 299 g/mol. The standard InChI is InChI=1S/C12H17N3O4S/c1-9-4-2-3-7-14(9)20(18,19)12-6-5-10(13)8-11(12)15(16)17/h5-6,8-9H,2-4,7,13H2,1H3. The van der Waals surface area contributed by atoms with Gasteiger partial charge in [-0.15, -0.1) is 0 Å². The number of nitro groups is 1. The molecule has 110 valence electrons. The van der Waals surface area contributed by atoms with E-state index in [1.807, 2.05) is 6.92 Å². The van der Waals surface area contributed by atoms with Gasteiger partial charge in [0, 0.05) is 24.3 Å². The molecule has 0 aliphatic carbocycles. The van der Waals surface area contributed by atoms with Crippen molar-refractivity contribution in [2.75, 3.05) is 12.3 Å². The van der Waals surface area contributed by atoms with E-state index < -0.39 is 20.6 Å². The Labute approximate surface area is 117 Å². The fourth-order valence-electron chi connectivity index (χ4n) is 2.45. The molecule has 2 N–H and O–H groups in total. The van der Waals surface area contributed by atoms with Gasteiger partial charge in [0.25, 0.3) is 5.69 Å². The third-order valence-electron chi connectivity index (χ3n) is 3.51. The Bertz CT molecular complexity index is 630. The Morgan fingerprint density at radius 1 is 1.40 bits per heavy atom. The van der Waals surface area contributed by atoms with Crippen molar-refractivity contribution in [2.45, 2.75) is 37.1 Å². The first-order valence-corrected chi connectivity index (χ1v) is 7.84. The van der Waals surface area contributed by atoms with Crippen LogP contribution in [0.15, 0.2) is 23.1 Å². The van der Waals surface area contributed by atoms with Crippen molar-refractivity contribution in [1.29, 1.82) is 0 Å². The van der Waals surface area contributed by atoms with Crippen LogP contribution in [0.2, 0.25) is 0 Å². The predicted octanol–water partition coefficient (Wildman–Crippen LogP) is 1.74. The summed E-state index contributed by atoms with van der Waals surface area (Å²) in [7, 11) is -3.87. The van der Waals surface area contributed by atoms with Crippen LogP contribution in [0.5, 0.6) is 0 Å². The molecule has 1 aliphatic rings. The summed E-state index contributed by atoms with van der Waals surface area (Å²) in [5.74, 6) is 0. The Balaban J connectivity index is 2.51. The molecule has 7 nitrogen and oxygen atoms in total. The lowest BCUT2D eigenvalue weighted by molar-refractivity contribution is -0.387. The van der Waals surface area contributed by atoms with Gasteiger partial charge in [0.05, 0.1) is 4.92 Å². The number of anilines is 1. The summed E-state index contributed by atoms with van der Waals surface area (Å²) in [4.78, 5) is 10.1. The summed E-state index contributed by atoms with van der Waals surface area (Å²) in [6.07, 6.45) is 2.51. The highest BCUT2D eigenvalue weighted by molar-refractivity contribution is 7.89. The Morgan fingerprint density at radius 3 is 2.70 bits per heavy atom. The molecule has 1 saturated heterocycles. The third kappa shape index (κ3) is 2.61. The van der Waals surface area contributed by atoms with Gasteiger partial charge in [0.15, 0.2) is 4.90 Å². The quantitative estimate of drug-likeness (QED) is 0.519. The summed E-state index contributed by atoms with van der Waals surface area (Å²) >= 11 is 0. The Morgan fingerprint density at radius 2 is 2.10 bits per heavy atom. The molecule has 1 fully saturated rings. The molecule has 1 atom stereocenters.